The first-order chi connectivity index (χ1) is 9.42. The fourth-order valence-corrected chi connectivity index (χ4v) is 4.35. The molecule has 0 atom stereocenters. The molecule has 2 rings (SSSR count). The van der Waals surface area contributed by atoms with E-state index in [0.29, 0.717) is 16.6 Å². The Bertz CT molecular complexity index is 708. The van der Waals surface area contributed by atoms with Gasteiger partial charge in [0.15, 0.2) is 0 Å². The highest BCUT2D eigenvalue weighted by Crippen LogP contribution is 2.27. The SMILES string of the molecule is CNCc1sc(S(=O)(=O)Nc2cccc(C)n2)cc1C. The van der Waals surface area contributed by atoms with Crippen molar-refractivity contribution in [3.05, 3.63) is 40.4 Å². The number of aromatic nitrogens is 1. The van der Waals surface area contributed by atoms with Crippen molar-refractivity contribution in [2.24, 2.45) is 0 Å². The van der Waals surface area contributed by atoms with Crippen LogP contribution in [0.25, 0.3) is 0 Å². The third kappa shape index (κ3) is 3.36. The quantitative estimate of drug-likeness (QED) is 0.888. The fraction of sp³-hybridized carbons (Fsp3) is 0.308. The zero-order chi connectivity index (χ0) is 14.8. The Hall–Kier alpha value is -1.44. The van der Waals surface area contributed by atoms with E-state index in [9.17, 15) is 8.42 Å². The van der Waals surface area contributed by atoms with Crippen LogP contribution in [0.4, 0.5) is 5.82 Å². The number of rotatable bonds is 5. The Balaban J connectivity index is 2.28. The van der Waals surface area contributed by atoms with Crippen LogP contribution in [0.3, 0.4) is 0 Å². The van der Waals surface area contributed by atoms with Crippen LogP contribution >= 0.6 is 11.3 Å². The van der Waals surface area contributed by atoms with Gasteiger partial charge >= 0.3 is 0 Å². The minimum Gasteiger partial charge on any atom is -0.315 e. The van der Waals surface area contributed by atoms with Crippen molar-refractivity contribution < 1.29 is 8.42 Å². The van der Waals surface area contributed by atoms with Crippen LogP contribution in [0.15, 0.2) is 28.5 Å². The second-order valence-electron chi connectivity index (χ2n) is 4.47. The zero-order valence-corrected chi connectivity index (χ0v) is 13.2. The summed E-state index contributed by atoms with van der Waals surface area (Å²) in [5.74, 6) is 0.339. The average Bonchev–Trinajstić information content (AvgIpc) is 2.72. The number of thiophene rings is 1. The minimum absolute atomic E-state index is 0.309. The molecule has 0 saturated carbocycles. The van der Waals surface area contributed by atoms with Crippen LogP contribution in [-0.4, -0.2) is 20.4 Å². The number of anilines is 1. The highest BCUT2D eigenvalue weighted by molar-refractivity contribution is 7.94. The van der Waals surface area contributed by atoms with Crippen LogP contribution < -0.4 is 10.0 Å². The molecule has 2 heterocycles. The first-order valence-corrected chi connectivity index (χ1v) is 8.43. The fourth-order valence-electron chi connectivity index (χ4n) is 1.74. The Kier molecular flexibility index (Phi) is 4.42. The molecule has 0 saturated heterocycles. The van der Waals surface area contributed by atoms with Gasteiger partial charge in [-0.25, -0.2) is 13.4 Å². The van der Waals surface area contributed by atoms with E-state index in [-0.39, 0.29) is 0 Å². The predicted molar refractivity (Wildman–Crippen MR) is 81.6 cm³/mol. The van der Waals surface area contributed by atoms with Crippen LogP contribution in [0.2, 0.25) is 0 Å². The van der Waals surface area contributed by atoms with Gasteiger partial charge in [-0.1, -0.05) is 6.07 Å². The number of sulfonamides is 1. The van der Waals surface area contributed by atoms with Crippen LogP contribution in [0.5, 0.6) is 0 Å². The molecule has 2 aromatic rings. The standard InChI is InChI=1S/C13H17N3O2S2/c1-9-7-13(19-11(9)8-14-3)20(17,18)16-12-6-4-5-10(2)15-12/h4-7,14H,8H2,1-3H3,(H,15,16). The number of nitrogens with one attached hydrogen (secondary N) is 2. The summed E-state index contributed by atoms with van der Waals surface area (Å²) in [4.78, 5) is 5.17. The summed E-state index contributed by atoms with van der Waals surface area (Å²) in [6.07, 6.45) is 0. The lowest BCUT2D eigenvalue weighted by Gasteiger charge is -2.05. The van der Waals surface area contributed by atoms with Gasteiger partial charge in [0.2, 0.25) is 0 Å². The van der Waals surface area contributed by atoms with Crippen molar-refractivity contribution in [2.75, 3.05) is 11.8 Å². The molecular weight excluding hydrogens is 294 g/mol. The number of nitrogens with zero attached hydrogens (tertiary/aromatic N) is 1. The van der Waals surface area contributed by atoms with E-state index in [2.05, 4.69) is 15.0 Å². The largest absolute Gasteiger partial charge is 0.315 e. The number of hydrogen-bond acceptors (Lipinski definition) is 5. The lowest BCUT2D eigenvalue weighted by atomic mass is 10.3. The Morgan fingerprint density at radius 2 is 2.05 bits per heavy atom. The molecule has 0 aromatic carbocycles. The average molecular weight is 311 g/mol. The zero-order valence-electron chi connectivity index (χ0n) is 11.6. The van der Waals surface area contributed by atoms with Gasteiger partial charge in [-0.2, -0.15) is 0 Å². The smallest absolute Gasteiger partial charge is 0.272 e. The Labute approximate surface area is 123 Å². The highest BCUT2D eigenvalue weighted by Gasteiger charge is 2.19. The molecule has 0 unspecified atom stereocenters. The van der Waals surface area contributed by atoms with Gasteiger partial charge < -0.3 is 5.32 Å². The van der Waals surface area contributed by atoms with Crippen molar-refractivity contribution in [3.8, 4) is 0 Å². The molecule has 0 aliphatic heterocycles. The van der Waals surface area contributed by atoms with Gasteiger partial charge in [-0.15, -0.1) is 11.3 Å². The van der Waals surface area contributed by atoms with E-state index in [0.717, 1.165) is 16.1 Å². The van der Waals surface area contributed by atoms with Crippen molar-refractivity contribution in [1.82, 2.24) is 10.3 Å². The van der Waals surface area contributed by atoms with Gasteiger partial charge in [0.05, 0.1) is 0 Å². The molecule has 0 aliphatic carbocycles. The van der Waals surface area contributed by atoms with E-state index in [1.807, 2.05) is 27.0 Å². The second-order valence-corrected chi connectivity index (χ2v) is 7.52. The molecule has 0 aliphatic rings. The maximum atomic E-state index is 12.3. The van der Waals surface area contributed by atoms with Gasteiger partial charge in [-0.3, -0.25) is 4.72 Å². The summed E-state index contributed by atoms with van der Waals surface area (Å²) in [5.41, 5.74) is 1.74. The first-order valence-electron chi connectivity index (χ1n) is 6.13. The maximum absolute atomic E-state index is 12.3. The van der Waals surface area contributed by atoms with E-state index >= 15 is 0 Å². The summed E-state index contributed by atoms with van der Waals surface area (Å²) in [6.45, 7) is 4.39. The second kappa shape index (κ2) is 5.90. The number of hydrogen-bond donors (Lipinski definition) is 2. The molecule has 20 heavy (non-hydrogen) atoms. The Morgan fingerprint density at radius 1 is 1.30 bits per heavy atom. The molecule has 0 spiro atoms. The topological polar surface area (TPSA) is 71.1 Å². The summed E-state index contributed by atoms with van der Waals surface area (Å²) < 4.78 is 27.5. The van der Waals surface area contributed by atoms with Crippen molar-refractivity contribution in [2.45, 2.75) is 24.6 Å². The molecule has 108 valence electrons. The molecule has 0 bridgehead atoms. The Morgan fingerprint density at radius 3 is 2.70 bits per heavy atom. The van der Waals surface area contributed by atoms with Crippen LogP contribution in [0.1, 0.15) is 16.1 Å². The van der Waals surface area contributed by atoms with Crippen LogP contribution in [0, 0.1) is 13.8 Å². The molecule has 0 fully saturated rings. The van der Waals surface area contributed by atoms with Gasteiger partial charge in [-0.05, 0) is 44.7 Å². The van der Waals surface area contributed by atoms with E-state index < -0.39 is 10.0 Å². The van der Waals surface area contributed by atoms with E-state index in [1.165, 1.54) is 11.3 Å². The molecule has 7 heteroatoms. The van der Waals surface area contributed by atoms with Crippen LogP contribution in [-0.2, 0) is 16.6 Å². The molecule has 2 aromatic heterocycles. The van der Waals surface area contributed by atoms with Gasteiger partial charge in [0.1, 0.15) is 10.0 Å². The van der Waals surface area contributed by atoms with Crippen molar-refractivity contribution in [3.63, 3.8) is 0 Å². The van der Waals surface area contributed by atoms with Crippen molar-refractivity contribution in [1.29, 1.82) is 0 Å². The lowest BCUT2D eigenvalue weighted by molar-refractivity contribution is 0.603. The minimum atomic E-state index is -3.57. The summed E-state index contributed by atoms with van der Waals surface area (Å²) in [5, 5.41) is 3.03. The summed E-state index contributed by atoms with van der Waals surface area (Å²) in [7, 11) is -1.74. The van der Waals surface area contributed by atoms with Crippen molar-refractivity contribution >= 4 is 27.2 Å². The molecule has 0 amide bonds. The van der Waals surface area contributed by atoms with E-state index in [1.54, 1.807) is 18.2 Å². The third-order valence-corrected chi connectivity index (χ3v) is 5.79. The monoisotopic (exact) mass is 311 g/mol. The molecule has 2 N–H and O–H groups in total. The van der Waals surface area contributed by atoms with Gasteiger partial charge in [0.25, 0.3) is 10.0 Å². The predicted octanol–water partition coefficient (Wildman–Crippen LogP) is 2.28. The highest BCUT2D eigenvalue weighted by atomic mass is 32.2. The molecule has 0 radical (unpaired) electrons. The maximum Gasteiger partial charge on any atom is 0.272 e. The number of aryl methyl sites for hydroxylation is 2. The normalized spacial score (nSPS) is 11.6. The summed E-state index contributed by atoms with van der Waals surface area (Å²) >= 11 is 1.27. The lowest BCUT2D eigenvalue weighted by Crippen LogP contribution is -2.12. The molecule has 5 nitrogen and oxygen atoms in total. The number of pyridine rings is 1. The van der Waals surface area contributed by atoms with Gasteiger partial charge in [0, 0.05) is 17.1 Å². The molecular formula is C13H17N3O2S2. The third-order valence-electron chi connectivity index (χ3n) is 2.73. The van der Waals surface area contributed by atoms with E-state index in [4.69, 9.17) is 0 Å². The summed E-state index contributed by atoms with van der Waals surface area (Å²) in [6, 6.07) is 6.92. The first kappa shape index (κ1) is 15.0.